The molecule has 0 saturated carbocycles. The van der Waals surface area contributed by atoms with E-state index in [-0.39, 0.29) is 6.04 Å². The van der Waals surface area contributed by atoms with Crippen molar-refractivity contribution in [1.29, 1.82) is 0 Å². The standard InChI is InChI=1S/C20H22BN5O2/c1-13-11-16-17(21(27)28)9-6-10-18(16)26(13)20-23-19(14(2)24-25-20)22-12-15-7-4-3-5-8-15/h3-10,13,27-28H,11-12H2,1-2H3,(H,22,23,25). The number of anilines is 3. The summed E-state index contributed by atoms with van der Waals surface area (Å²) in [7, 11) is -1.50. The molecule has 0 spiro atoms. The van der Waals surface area contributed by atoms with E-state index in [1.54, 1.807) is 6.07 Å². The van der Waals surface area contributed by atoms with E-state index in [1.165, 1.54) is 0 Å². The van der Waals surface area contributed by atoms with Gasteiger partial charge in [-0.3, -0.25) is 0 Å². The van der Waals surface area contributed by atoms with E-state index < -0.39 is 7.12 Å². The molecule has 3 aromatic rings. The van der Waals surface area contributed by atoms with E-state index in [0.29, 0.717) is 30.2 Å². The van der Waals surface area contributed by atoms with Gasteiger partial charge in [0.2, 0.25) is 0 Å². The summed E-state index contributed by atoms with van der Waals surface area (Å²) in [5.74, 6) is 1.19. The average Bonchev–Trinajstić information content (AvgIpc) is 3.04. The van der Waals surface area contributed by atoms with Crippen molar-refractivity contribution in [3.05, 3.63) is 65.4 Å². The largest absolute Gasteiger partial charge is 0.488 e. The molecule has 2 heterocycles. The quantitative estimate of drug-likeness (QED) is 0.583. The van der Waals surface area contributed by atoms with Crippen molar-refractivity contribution in [2.45, 2.75) is 32.9 Å². The zero-order valence-electron chi connectivity index (χ0n) is 15.9. The lowest BCUT2D eigenvalue weighted by Crippen LogP contribution is -2.32. The molecule has 8 heteroatoms. The molecule has 1 unspecified atom stereocenters. The Morgan fingerprint density at radius 1 is 1.11 bits per heavy atom. The SMILES string of the molecule is Cc1nnc(N2c3cccc(B(O)O)c3CC2C)nc1NCc1ccccc1. The maximum Gasteiger partial charge on any atom is 0.488 e. The third-order valence-electron chi connectivity index (χ3n) is 5.03. The van der Waals surface area contributed by atoms with Gasteiger partial charge in [-0.05, 0) is 42.9 Å². The molecule has 1 aliphatic rings. The maximum absolute atomic E-state index is 9.67. The summed E-state index contributed by atoms with van der Waals surface area (Å²) < 4.78 is 0. The Morgan fingerprint density at radius 3 is 2.64 bits per heavy atom. The summed E-state index contributed by atoms with van der Waals surface area (Å²) in [5, 5.41) is 31.3. The second-order valence-electron chi connectivity index (χ2n) is 7.03. The third-order valence-corrected chi connectivity index (χ3v) is 5.03. The van der Waals surface area contributed by atoms with Gasteiger partial charge in [0.25, 0.3) is 5.95 Å². The number of hydrogen-bond acceptors (Lipinski definition) is 7. The van der Waals surface area contributed by atoms with Crippen molar-refractivity contribution < 1.29 is 10.0 Å². The van der Waals surface area contributed by atoms with Crippen LogP contribution in [0.1, 0.15) is 23.7 Å². The number of hydrogen-bond donors (Lipinski definition) is 3. The van der Waals surface area contributed by atoms with Gasteiger partial charge in [0.1, 0.15) is 5.69 Å². The monoisotopic (exact) mass is 375 g/mol. The van der Waals surface area contributed by atoms with Crippen LogP contribution in [-0.2, 0) is 13.0 Å². The summed E-state index contributed by atoms with van der Waals surface area (Å²) in [5.41, 5.74) is 4.20. The predicted molar refractivity (Wildman–Crippen MR) is 110 cm³/mol. The minimum Gasteiger partial charge on any atom is -0.423 e. The van der Waals surface area contributed by atoms with E-state index in [2.05, 4.69) is 34.6 Å². The molecule has 4 rings (SSSR count). The Labute approximate surface area is 164 Å². The number of nitrogens with zero attached hydrogens (tertiary/aromatic N) is 4. The van der Waals surface area contributed by atoms with Crippen molar-refractivity contribution in [1.82, 2.24) is 15.2 Å². The molecule has 3 N–H and O–H groups in total. The fourth-order valence-corrected chi connectivity index (χ4v) is 3.63. The van der Waals surface area contributed by atoms with Gasteiger partial charge < -0.3 is 20.3 Å². The summed E-state index contributed by atoms with van der Waals surface area (Å²) in [6.45, 7) is 4.58. The van der Waals surface area contributed by atoms with Gasteiger partial charge in [0.15, 0.2) is 5.82 Å². The van der Waals surface area contributed by atoms with Gasteiger partial charge >= 0.3 is 7.12 Å². The van der Waals surface area contributed by atoms with Crippen LogP contribution in [0, 0.1) is 6.92 Å². The summed E-state index contributed by atoms with van der Waals surface area (Å²) in [6.07, 6.45) is 0.688. The fourth-order valence-electron chi connectivity index (χ4n) is 3.63. The molecule has 0 radical (unpaired) electrons. The van der Waals surface area contributed by atoms with Crippen molar-refractivity contribution in [3.8, 4) is 0 Å². The normalized spacial score (nSPS) is 15.4. The molecule has 0 bridgehead atoms. The van der Waals surface area contributed by atoms with Crippen LogP contribution in [0.2, 0.25) is 0 Å². The number of aromatic nitrogens is 3. The number of fused-ring (bicyclic) bond motifs is 1. The number of rotatable bonds is 5. The molecule has 7 nitrogen and oxygen atoms in total. The molecule has 1 aliphatic heterocycles. The molecule has 0 amide bonds. The van der Waals surface area contributed by atoms with E-state index in [9.17, 15) is 10.0 Å². The Balaban J connectivity index is 1.65. The molecule has 28 heavy (non-hydrogen) atoms. The van der Waals surface area contributed by atoms with Crippen LogP contribution in [0.5, 0.6) is 0 Å². The second-order valence-corrected chi connectivity index (χ2v) is 7.03. The fraction of sp³-hybridized carbons (Fsp3) is 0.250. The van der Waals surface area contributed by atoms with Gasteiger partial charge in [-0.25, -0.2) is 0 Å². The molecule has 1 atom stereocenters. The highest BCUT2D eigenvalue weighted by Gasteiger charge is 2.33. The van der Waals surface area contributed by atoms with Crippen molar-refractivity contribution >= 4 is 30.0 Å². The van der Waals surface area contributed by atoms with E-state index in [4.69, 9.17) is 4.98 Å². The van der Waals surface area contributed by atoms with Crippen LogP contribution < -0.4 is 15.7 Å². The van der Waals surface area contributed by atoms with Gasteiger partial charge in [-0.2, -0.15) is 4.98 Å². The number of nitrogens with one attached hydrogen (secondary N) is 1. The minimum absolute atomic E-state index is 0.0846. The Hall–Kier alpha value is -2.97. The maximum atomic E-state index is 9.67. The molecule has 2 aromatic carbocycles. The first-order valence-corrected chi connectivity index (χ1v) is 9.31. The Morgan fingerprint density at radius 2 is 1.89 bits per heavy atom. The lowest BCUT2D eigenvalue weighted by Gasteiger charge is -2.23. The molecular formula is C20H22BN5O2. The Kier molecular flexibility index (Phi) is 4.98. The minimum atomic E-state index is -1.50. The van der Waals surface area contributed by atoms with E-state index in [1.807, 2.05) is 42.2 Å². The van der Waals surface area contributed by atoms with E-state index in [0.717, 1.165) is 22.5 Å². The van der Waals surface area contributed by atoms with Crippen molar-refractivity contribution in [2.24, 2.45) is 0 Å². The first-order chi connectivity index (χ1) is 13.5. The highest BCUT2D eigenvalue weighted by Crippen LogP contribution is 2.36. The lowest BCUT2D eigenvalue weighted by molar-refractivity contribution is 0.425. The number of benzene rings is 2. The van der Waals surface area contributed by atoms with Gasteiger partial charge in [0.05, 0.1) is 0 Å². The molecule has 142 valence electrons. The van der Waals surface area contributed by atoms with Crippen LogP contribution in [0.3, 0.4) is 0 Å². The highest BCUT2D eigenvalue weighted by molar-refractivity contribution is 6.59. The predicted octanol–water partition coefficient (Wildman–Crippen LogP) is 1.55. The second kappa shape index (κ2) is 7.57. The zero-order chi connectivity index (χ0) is 19.7. The molecule has 0 fully saturated rings. The molecule has 0 aliphatic carbocycles. The van der Waals surface area contributed by atoms with Crippen LogP contribution in [0.25, 0.3) is 0 Å². The zero-order valence-corrected chi connectivity index (χ0v) is 15.9. The summed E-state index contributed by atoms with van der Waals surface area (Å²) in [4.78, 5) is 6.71. The molecule has 0 saturated heterocycles. The van der Waals surface area contributed by atoms with Crippen LogP contribution in [0.15, 0.2) is 48.5 Å². The van der Waals surface area contributed by atoms with Gasteiger partial charge in [-0.1, -0.05) is 42.5 Å². The average molecular weight is 375 g/mol. The van der Waals surface area contributed by atoms with Crippen LogP contribution in [0.4, 0.5) is 17.5 Å². The van der Waals surface area contributed by atoms with Gasteiger partial charge in [-0.15, -0.1) is 10.2 Å². The Bertz CT molecular complexity index is 984. The lowest BCUT2D eigenvalue weighted by atomic mass is 9.76. The molecular weight excluding hydrogens is 353 g/mol. The smallest absolute Gasteiger partial charge is 0.423 e. The van der Waals surface area contributed by atoms with Gasteiger partial charge in [0, 0.05) is 18.3 Å². The van der Waals surface area contributed by atoms with Crippen LogP contribution >= 0.6 is 0 Å². The summed E-state index contributed by atoms with van der Waals surface area (Å²) in [6, 6.07) is 15.7. The van der Waals surface area contributed by atoms with Crippen molar-refractivity contribution in [2.75, 3.05) is 10.2 Å². The number of aryl methyl sites for hydroxylation is 1. The summed E-state index contributed by atoms with van der Waals surface area (Å²) >= 11 is 0. The first kappa shape index (κ1) is 18.4. The van der Waals surface area contributed by atoms with E-state index >= 15 is 0 Å². The van der Waals surface area contributed by atoms with Crippen molar-refractivity contribution in [3.63, 3.8) is 0 Å². The first-order valence-electron chi connectivity index (χ1n) is 9.31. The molecule has 1 aromatic heterocycles. The topological polar surface area (TPSA) is 94.4 Å². The highest BCUT2D eigenvalue weighted by atomic mass is 16.4. The third kappa shape index (κ3) is 3.44. The van der Waals surface area contributed by atoms with Crippen LogP contribution in [-0.4, -0.2) is 38.4 Å².